The molecule has 0 unspecified atom stereocenters. The van der Waals surface area contributed by atoms with E-state index in [1.165, 1.54) is 16.7 Å². The number of thiophene rings is 1. The Hall–Kier alpha value is -1.69. The molecule has 4 nitrogen and oxygen atoms in total. The fourth-order valence-corrected chi connectivity index (χ4v) is 4.22. The first-order valence-electron chi connectivity index (χ1n) is 9.32. The second kappa shape index (κ2) is 9.31. The highest BCUT2D eigenvalue weighted by molar-refractivity contribution is 7.07. The molecule has 1 amide bonds. The third kappa shape index (κ3) is 5.66. The predicted molar refractivity (Wildman–Crippen MR) is 106 cm³/mol. The average molecular weight is 373 g/mol. The van der Waals surface area contributed by atoms with Gasteiger partial charge in [0.05, 0.1) is 12.2 Å². The molecule has 0 spiro atoms. The standard InChI is InChI=1S/C21H28N2O2S/c1-16-12-23(13-17(2)25-16)14-20-6-4-3-5-19(20)11-22-21(24)8-7-18-9-10-26-15-18/h3-6,9-10,15-17H,7-8,11-14H2,1-2H3,(H,22,24)/t16-,17-/m0/s1. The number of morpholine rings is 1. The fourth-order valence-electron chi connectivity index (χ4n) is 3.51. The maximum atomic E-state index is 12.2. The van der Waals surface area contributed by atoms with E-state index in [4.69, 9.17) is 4.74 Å². The molecule has 1 fully saturated rings. The minimum atomic E-state index is 0.111. The van der Waals surface area contributed by atoms with E-state index in [1.54, 1.807) is 11.3 Å². The van der Waals surface area contributed by atoms with Crippen molar-refractivity contribution in [2.75, 3.05) is 13.1 Å². The van der Waals surface area contributed by atoms with E-state index >= 15 is 0 Å². The van der Waals surface area contributed by atoms with Crippen LogP contribution in [0.15, 0.2) is 41.1 Å². The molecule has 1 aliphatic heterocycles. The Labute approximate surface area is 160 Å². The molecular weight excluding hydrogens is 344 g/mol. The van der Waals surface area contributed by atoms with Crippen molar-refractivity contribution in [2.24, 2.45) is 0 Å². The number of ether oxygens (including phenoxy) is 1. The van der Waals surface area contributed by atoms with Crippen molar-refractivity contribution in [1.82, 2.24) is 10.2 Å². The number of nitrogens with one attached hydrogen (secondary N) is 1. The van der Waals surface area contributed by atoms with Crippen molar-refractivity contribution in [3.63, 3.8) is 0 Å². The summed E-state index contributed by atoms with van der Waals surface area (Å²) < 4.78 is 5.82. The molecule has 2 heterocycles. The van der Waals surface area contributed by atoms with Crippen LogP contribution in [0, 0.1) is 0 Å². The third-order valence-corrected chi connectivity index (χ3v) is 5.44. The SMILES string of the molecule is C[C@H]1CN(Cc2ccccc2CNC(=O)CCc2ccsc2)C[C@H](C)O1. The van der Waals surface area contributed by atoms with Crippen LogP contribution in [-0.2, 0) is 29.0 Å². The topological polar surface area (TPSA) is 41.6 Å². The molecule has 0 radical (unpaired) electrons. The van der Waals surface area contributed by atoms with Gasteiger partial charge < -0.3 is 10.1 Å². The maximum absolute atomic E-state index is 12.2. The molecule has 3 rings (SSSR count). The number of benzene rings is 1. The van der Waals surface area contributed by atoms with Crippen LogP contribution in [0.1, 0.15) is 37.0 Å². The summed E-state index contributed by atoms with van der Waals surface area (Å²) in [6, 6.07) is 10.5. The van der Waals surface area contributed by atoms with Crippen LogP contribution in [0.5, 0.6) is 0 Å². The quantitative estimate of drug-likeness (QED) is 0.807. The van der Waals surface area contributed by atoms with E-state index in [0.29, 0.717) is 13.0 Å². The lowest BCUT2D eigenvalue weighted by Crippen LogP contribution is -2.45. The predicted octanol–water partition coefficient (Wildman–Crippen LogP) is 3.61. The minimum absolute atomic E-state index is 0.111. The number of nitrogens with zero attached hydrogens (tertiary/aromatic N) is 1. The molecule has 5 heteroatoms. The van der Waals surface area contributed by atoms with E-state index in [1.807, 2.05) is 6.07 Å². The molecule has 1 N–H and O–H groups in total. The molecule has 0 saturated carbocycles. The maximum Gasteiger partial charge on any atom is 0.220 e. The second-order valence-corrected chi connectivity index (χ2v) is 7.91. The number of carbonyl (C=O) groups is 1. The summed E-state index contributed by atoms with van der Waals surface area (Å²) in [6.07, 6.45) is 1.88. The van der Waals surface area contributed by atoms with Gasteiger partial charge in [0.1, 0.15) is 0 Å². The van der Waals surface area contributed by atoms with Gasteiger partial charge in [-0.25, -0.2) is 0 Å². The molecule has 1 aromatic carbocycles. The Bertz CT molecular complexity index is 692. The second-order valence-electron chi connectivity index (χ2n) is 7.13. The van der Waals surface area contributed by atoms with Gasteiger partial charge in [-0.3, -0.25) is 9.69 Å². The van der Waals surface area contributed by atoms with Gasteiger partial charge >= 0.3 is 0 Å². The first-order chi connectivity index (χ1) is 12.6. The van der Waals surface area contributed by atoms with Crippen molar-refractivity contribution in [3.8, 4) is 0 Å². The summed E-state index contributed by atoms with van der Waals surface area (Å²) in [5, 5.41) is 7.23. The lowest BCUT2D eigenvalue weighted by molar-refractivity contribution is -0.121. The van der Waals surface area contributed by atoms with Crippen molar-refractivity contribution in [3.05, 3.63) is 57.8 Å². The van der Waals surface area contributed by atoms with E-state index in [-0.39, 0.29) is 18.1 Å². The van der Waals surface area contributed by atoms with Gasteiger partial charge in [-0.2, -0.15) is 11.3 Å². The van der Waals surface area contributed by atoms with Crippen LogP contribution in [0.3, 0.4) is 0 Å². The molecule has 140 valence electrons. The monoisotopic (exact) mass is 372 g/mol. The van der Waals surface area contributed by atoms with Crippen molar-refractivity contribution in [2.45, 2.75) is 52.0 Å². The zero-order valence-electron chi connectivity index (χ0n) is 15.6. The van der Waals surface area contributed by atoms with Gasteiger partial charge in [0, 0.05) is 32.6 Å². The van der Waals surface area contributed by atoms with Crippen molar-refractivity contribution >= 4 is 17.2 Å². The molecule has 26 heavy (non-hydrogen) atoms. The highest BCUT2D eigenvalue weighted by Crippen LogP contribution is 2.17. The minimum Gasteiger partial charge on any atom is -0.373 e. The van der Waals surface area contributed by atoms with Crippen molar-refractivity contribution < 1.29 is 9.53 Å². The zero-order valence-corrected chi connectivity index (χ0v) is 16.4. The zero-order chi connectivity index (χ0) is 18.4. The van der Waals surface area contributed by atoms with E-state index < -0.39 is 0 Å². The molecule has 0 aliphatic carbocycles. The van der Waals surface area contributed by atoms with Crippen LogP contribution < -0.4 is 5.32 Å². The van der Waals surface area contributed by atoms with Crippen molar-refractivity contribution in [1.29, 1.82) is 0 Å². The van der Waals surface area contributed by atoms with Crippen LogP contribution >= 0.6 is 11.3 Å². The number of amides is 1. The summed E-state index contributed by atoms with van der Waals surface area (Å²) in [7, 11) is 0. The van der Waals surface area contributed by atoms with Gasteiger partial charge in [-0.05, 0) is 53.8 Å². The summed E-state index contributed by atoms with van der Waals surface area (Å²) in [5.74, 6) is 0.111. The van der Waals surface area contributed by atoms with E-state index in [2.05, 4.69) is 59.1 Å². The number of hydrogen-bond acceptors (Lipinski definition) is 4. The highest BCUT2D eigenvalue weighted by Gasteiger charge is 2.22. The molecular formula is C21H28N2O2S. The largest absolute Gasteiger partial charge is 0.373 e. The van der Waals surface area contributed by atoms with Gasteiger partial charge in [0.15, 0.2) is 0 Å². The van der Waals surface area contributed by atoms with Gasteiger partial charge in [0.2, 0.25) is 5.91 Å². The summed E-state index contributed by atoms with van der Waals surface area (Å²) in [5.41, 5.74) is 3.72. The normalized spacial score (nSPS) is 20.8. The summed E-state index contributed by atoms with van der Waals surface area (Å²) in [6.45, 7) is 7.65. The third-order valence-electron chi connectivity index (χ3n) is 4.70. The van der Waals surface area contributed by atoms with E-state index in [9.17, 15) is 4.79 Å². The summed E-state index contributed by atoms with van der Waals surface area (Å²) in [4.78, 5) is 14.6. The van der Waals surface area contributed by atoms with Crippen LogP contribution in [0.4, 0.5) is 0 Å². The van der Waals surface area contributed by atoms with Gasteiger partial charge in [-0.15, -0.1) is 0 Å². The molecule has 1 aromatic heterocycles. The number of aryl methyl sites for hydroxylation is 1. The Kier molecular flexibility index (Phi) is 6.83. The first-order valence-corrected chi connectivity index (χ1v) is 10.3. The molecule has 1 saturated heterocycles. The molecule has 1 aliphatic rings. The molecule has 0 bridgehead atoms. The van der Waals surface area contributed by atoms with E-state index in [0.717, 1.165) is 26.1 Å². The van der Waals surface area contributed by atoms with Gasteiger partial charge in [-0.1, -0.05) is 24.3 Å². The number of carbonyl (C=O) groups excluding carboxylic acids is 1. The first kappa shape index (κ1) is 19.1. The van der Waals surface area contributed by atoms with Crippen LogP contribution in [-0.4, -0.2) is 36.1 Å². The van der Waals surface area contributed by atoms with Crippen LogP contribution in [0.25, 0.3) is 0 Å². The Morgan fingerprint density at radius 3 is 2.62 bits per heavy atom. The fraction of sp³-hybridized carbons (Fsp3) is 0.476. The highest BCUT2D eigenvalue weighted by atomic mass is 32.1. The van der Waals surface area contributed by atoms with Crippen LogP contribution in [0.2, 0.25) is 0 Å². The molecule has 2 atom stereocenters. The summed E-state index contributed by atoms with van der Waals surface area (Å²) >= 11 is 1.67. The Balaban J connectivity index is 1.52. The Morgan fingerprint density at radius 1 is 1.19 bits per heavy atom. The number of rotatable bonds is 7. The lowest BCUT2D eigenvalue weighted by atomic mass is 10.1. The Morgan fingerprint density at radius 2 is 1.92 bits per heavy atom. The lowest BCUT2D eigenvalue weighted by Gasteiger charge is -2.35. The average Bonchev–Trinajstić information content (AvgIpc) is 3.12. The smallest absolute Gasteiger partial charge is 0.220 e. The van der Waals surface area contributed by atoms with Gasteiger partial charge in [0.25, 0.3) is 0 Å². The number of hydrogen-bond donors (Lipinski definition) is 1. The molecule has 2 aromatic rings.